The number of sulfonamides is 1. The number of fused-ring (bicyclic) bond motifs is 1. The highest BCUT2D eigenvalue weighted by atomic mass is 32.2. The minimum absolute atomic E-state index is 0.454. The molecule has 0 aliphatic heterocycles. The number of hydrogen-bond acceptors (Lipinski definition) is 3. The van der Waals surface area contributed by atoms with Gasteiger partial charge in [-0.2, -0.15) is 0 Å². The lowest BCUT2D eigenvalue weighted by Crippen LogP contribution is -2.22. The summed E-state index contributed by atoms with van der Waals surface area (Å²) in [5.74, 6) is 1.87. The molecule has 3 unspecified atom stereocenters. The van der Waals surface area contributed by atoms with Crippen LogP contribution in [0.25, 0.3) is 0 Å². The summed E-state index contributed by atoms with van der Waals surface area (Å²) in [6.45, 7) is 13.3. The van der Waals surface area contributed by atoms with Crippen LogP contribution in [0.3, 0.4) is 0 Å². The highest BCUT2D eigenvalue weighted by Crippen LogP contribution is 2.48. The summed E-state index contributed by atoms with van der Waals surface area (Å²) in [7, 11) is -3.31. The van der Waals surface area contributed by atoms with Crippen molar-refractivity contribution < 1.29 is 8.42 Å². The molecule has 0 bridgehead atoms. The smallest absolute Gasteiger partial charge is 0.235 e. The summed E-state index contributed by atoms with van der Waals surface area (Å²) >= 11 is 0. The van der Waals surface area contributed by atoms with E-state index in [-0.39, 0.29) is 0 Å². The monoisotopic (exact) mass is 400 g/mol. The molecule has 2 aromatic rings. The van der Waals surface area contributed by atoms with Crippen LogP contribution in [0.4, 0.5) is 11.4 Å². The zero-order chi connectivity index (χ0) is 20.6. The highest BCUT2D eigenvalue weighted by Gasteiger charge is 2.33. The summed E-state index contributed by atoms with van der Waals surface area (Å²) in [5.41, 5.74) is 7.23. The van der Waals surface area contributed by atoms with Crippen LogP contribution in [0.15, 0.2) is 36.4 Å². The van der Waals surface area contributed by atoms with Gasteiger partial charge in [-0.1, -0.05) is 39.0 Å². The van der Waals surface area contributed by atoms with E-state index in [0.29, 0.717) is 30.0 Å². The summed E-state index contributed by atoms with van der Waals surface area (Å²) in [4.78, 5) is 0. The topological polar surface area (TPSA) is 58.2 Å². The molecule has 3 rings (SSSR count). The lowest BCUT2D eigenvalue weighted by atomic mass is 9.90. The first kappa shape index (κ1) is 20.7. The van der Waals surface area contributed by atoms with Gasteiger partial charge in [-0.3, -0.25) is 4.72 Å². The Labute approximate surface area is 169 Å². The Morgan fingerprint density at radius 3 is 2.21 bits per heavy atom. The maximum atomic E-state index is 12.0. The van der Waals surface area contributed by atoms with E-state index in [0.717, 1.165) is 5.56 Å². The quantitative estimate of drug-likeness (QED) is 0.662. The molecule has 0 amide bonds. The van der Waals surface area contributed by atoms with Crippen molar-refractivity contribution in [1.29, 1.82) is 0 Å². The van der Waals surface area contributed by atoms with E-state index < -0.39 is 15.3 Å². The van der Waals surface area contributed by atoms with Gasteiger partial charge in [0.1, 0.15) is 0 Å². The van der Waals surface area contributed by atoms with Crippen LogP contribution in [0.2, 0.25) is 0 Å². The Morgan fingerprint density at radius 2 is 1.61 bits per heavy atom. The van der Waals surface area contributed by atoms with Crippen molar-refractivity contribution in [1.82, 2.24) is 0 Å². The van der Waals surface area contributed by atoms with E-state index >= 15 is 0 Å². The van der Waals surface area contributed by atoms with Crippen LogP contribution >= 0.6 is 0 Å². The molecule has 0 saturated heterocycles. The van der Waals surface area contributed by atoms with Gasteiger partial charge < -0.3 is 5.32 Å². The Balaban J connectivity index is 1.70. The van der Waals surface area contributed by atoms with Gasteiger partial charge in [-0.25, -0.2) is 8.42 Å². The van der Waals surface area contributed by atoms with E-state index in [1.165, 1.54) is 22.4 Å². The van der Waals surface area contributed by atoms with Gasteiger partial charge in [0.15, 0.2) is 0 Å². The van der Waals surface area contributed by atoms with Crippen molar-refractivity contribution in [3.63, 3.8) is 0 Å². The van der Waals surface area contributed by atoms with Gasteiger partial charge in [0.25, 0.3) is 0 Å². The second kappa shape index (κ2) is 7.78. The number of benzene rings is 2. The van der Waals surface area contributed by atoms with Crippen molar-refractivity contribution in [2.45, 2.75) is 65.2 Å². The van der Waals surface area contributed by atoms with E-state index in [1.54, 1.807) is 13.8 Å². The lowest BCUT2D eigenvalue weighted by molar-refractivity contribution is 0.464. The summed E-state index contributed by atoms with van der Waals surface area (Å²) in [6, 6.07) is 12.0. The fourth-order valence-corrected chi connectivity index (χ4v) is 4.79. The molecular formula is C23H32N2O2S. The number of hydrogen-bond donors (Lipinski definition) is 2. The number of anilines is 2. The molecule has 1 aliphatic rings. The second-order valence-corrected chi connectivity index (χ2v) is 10.7. The third-order valence-corrected chi connectivity index (χ3v) is 8.15. The average molecular weight is 401 g/mol. The van der Waals surface area contributed by atoms with Gasteiger partial charge in [0, 0.05) is 17.9 Å². The normalized spacial score (nSPS) is 21.6. The van der Waals surface area contributed by atoms with Gasteiger partial charge >= 0.3 is 0 Å². The van der Waals surface area contributed by atoms with Crippen LogP contribution < -0.4 is 10.0 Å². The van der Waals surface area contributed by atoms with Crippen LogP contribution in [0.5, 0.6) is 0 Å². The predicted molar refractivity (Wildman–Crippen MR) is 119 cm³/mol. The summed E-state index contributed by atoms with van der Waals surface area (Å²) in [6.07, 6.45) is 0. The standard InChI is InChI=1S/C23H32N2O2S/c1-14(2)28(26,27)25-20-9-7-19(8-10-20)13-24-22-12-11-21-16(4)15(3)17(5)23(21)18(22)6/h7-12,14-17,24-25H,13H2,1-6H3. The Bertz CT molecular complexity index is 949. The number of nitrogens with one attached hydrogen (secondary N) is 2. The molecule has 0 radical (unpaired) electrons. The zero-order valence-electron chi connectivity index (χ0n) is 17.7. The Morgan fingerprint density at radius 1 is 0.964 bits per heavy atom. The van der Waals surface area contributed by atoms with Gasteiger partial charge in [-0.05, 0) is 79.0 Å². The first-order valence-electron chi connectivity index (χ1n) is 10.1. The third-order valence-electron chi connectivity index (χ3n) is 6.39. The predicted octanol–water partition coefficient (Wildman–Crippen LogP) is 5.61. The molecule has 2 N–H and O–H groups in total. The first-order valence-corrected chi connectivity index (χ1v) is 11.6. The third kappa shape index (κ3) is 3.90. The van der Waals surface area contributed by atoms with Crippen molar-refractivity contribution in [3.8, 4) is 0 Å². The molecule has 0 spiro atoms. The molecule has 2 aromatic carbocycles. The van der Waals surface area contributed by atoms with Gasteiger partial charge in [0.2, 0.25) is 10.0 Å². The molecule has 0 fully saturated rings. The van der Waals surface area contributed by atoms with E-state index in [2.05, 4.69) is 49.9 Å². The van der Waals surface area contributed by atoms with E-state index in [1.807, 2.05) is 24.3 Å². The molecule has 5 heteroatoms. The number of rotatable bonds is 6. The maximum absolute atomic E-state index is 12.0. The van der Waals surface area contributed by atoms with E-state index in [4.69, 9.17) is 0 Å². The second-order valence-electron chi connectivity index (χ2n) is 8.42. The molecule has 152 valence electrons. The molecular weight excluding hydrogens is 368 g/mol. The Hall–Kier alpha value is -2.01. The fraction of sp³-hybridized carbons (Fsp3) is 0.478. The molecule has 4 nitrogen and oxygen atoms in total. The fourth-order valence-electron chi connectivity index (χ4n) is 4.09. The minimum Gasteiger partial charge on any atom is -0.381 e. The highest BCUT2D eigenvalue weighted by molar-refractivity contribution is 7.93. The lowest BCUT2D eigenvalue weighted by Gasteiger charge is -2.17. The molecule has 0 heterocycles. The minimum atomic E-state index is -3.31. The maximum Gasteiger partial charge on any atom is 0.235 e. The molecule has 0 aromatic heterocycles. The zero-order valence-corrected chi connectivity index (χ0v) is 18.5. The molecule has 28 heavy (non-hydrogen) atoms. The molecule has 0 saturated carbocycles. The largest absolute Gasteiger partial charge is 0.381 e. The van der Waals surface area contributed by atoms with Crippen molar-refractivity contribution in [2.24, 2.45) is 5.92 Å². The van der Waals surface area contributed by atoms with Gasteiger partial charge in [-0.15, -0.1) is 0 Å². The van der Waals surface area contributed by atoms with E-state index in [9.17, 15) is 8.42 Å². The van der Waals surface area contributed by atoms with Crippen molar-refractivity contribution in [2.75, 3.05) is 10.0 Å². The Kier molecular flexibility index (Phi) is 5.76. The molecule has 3 atom stereocenters. The van der Waals surface area contributed by atoms with Crippen molar-refractivity contribution >= 4 is 21.4 Å². The van der Waals surface area contributed by atoms with Crippen LogP contribution in [-0.4, -0.2) is 13.7 Å². The van der Waals surface area contributed by atoms with Crippen LogP contribution in [0, 0.1) is 12.8 Å². The molecule has 1 aliphatic carbocycles. The SMILES string of the molecule is Cc1c(NCc2ccc(NS(=O)(=O)C(C)C)cc2)ccc2c1C(C)C(C)C2C. The first-order chi connectivity index (χ1) is 13.1. The summed E-state index contributed by atoms with van der Waals surface area (Å²) < 4.78 is 26.6. The summed E-state index contributed by atoms with van der Waals surface area (Å²) in [5, 5.41) is 3.10. The average Bonchev–Trinajstić information content (AvgIpc) is 2.87. The van der Waals surface area contributed by atoms with Crippen LogP contribution in [0.1, 0.15) is 68.7 Å². The van der Waals surface area contributed by atoms with Crippen molar-refractivity contribution in [3.05, 3.63) is 58.7 Å². The van der Waals surface area contributed by atoms with Crippen LogP contribution in [-0.2, 0) is 16.6 Å². The van der Waals surface area contributed by atoms with Gasteiger partial charge in [0.05, 0.1) is 5.25 Å².